The third kappa shape index (κ3) is 6.47. The van der Waals surface area contributed by atoms with Gasteiger partial charge in [0.2, 0.25) is 0 Å². The van der Waals surface area contributed by atoms with E-state index in [-0.39, 0.29) is 10.6 Å². The molecule has 1 atom stereocenters. The number of non-ortho nitro benzene ring substituents is 1. The number of nitro groups is 1. The van der Waals surface area contributed by atoms with Crippen molar-refractivity contribution in [2.24, 2.45) is 5.92 Å². The maximum absolute atomic E-state index is 11.0. The summed E-state index contributed by atoms with van der Waals surface area (Å²) in [6.45, 7) is 9.28. The highest BCUT2D eigenvalue weighted by Gasteiger charge is 2.11. The molecule has 0 aliphatic heterocycles. The van der Waals surface area contributed by atoms with Crippen molar-refractivity contribution in [3.8, 4) is 0 Å². The summed E-state index contributed by atoms with van der Waals surface area (Å²) in [6.07, 6.45) is 3.45. The van der Waals surface area contributed by atoms with Crippen molar-refractivity contribution in [3.63, 3.8) is 0 Å². The molecule has 1 rings (SSSR count). The van der Waals surface area contributed by atoms with E-state index in [0.717, 1.165) is 30.3 Å². The van der Waals surface area contributed by atoms with Crippen molar-refractivity contribution in [1.82, 2.24) is 0 Å². The van der Waals surface area contributed by atoms with E-state index in [0.29, 0.717) is 6.04 Å². The highest BCUT2D eigenvalue weighted by atomic mass is 16.6. The first-order valence-corrected chi connectivity index (χ1v) is 7.72. The minimum absolute atomic E-state index is 0.116. The molecule has 0 amide bonds. The molecule has 5 heteroatoms. The Morgan fingerprint density at radius 3 is 2.38 bits per heavy atom. The zero-order chi connectivity index (χ0) is 15.8. The Labute approximate surface area is 127 Å². The summed E-state index contributed by atoms with van der Waals surface area (Å²) in [4.78, 5) is 10.6. The zero-order valence-corrected chi connectivity index (χ0v) is 13.5. The molecule has 0 heterocycles. The van der Waals surface area contributed by atoms with E-state index in [4.69, 9.17) is 0 Å². The maximum atomic E-state index is 11.0. The highest BCUT2D eigenvalue weighted by Crippen LogP contribution is 2.25. The molecule has 0 aromatic heterocycles. The summed E-state index contributed by atoms with van der Waals surface area (Å²) < 4.78 is 0. The second-order valence-electron chi connectivity index (χ2n) is 5.93. The normalized spacial score (nSPS) is 12.2. The minimum atomic E-state index is -0.352. The predicted octanol–water partition coefficient (Wildman–Crippen LogP) is 4.65. The van der Waals surface area contributed by atoms with Gasteiger partial charge in [-0.1, -0.05) is 26.7 Å². The van der Waals surface area contributed by atoms with Crippen molar-refractivity contribution in [2.75, 3.05) is 17.2 Å². The number of nitro benzene ring substituents is 1. The van der Waals surface area contributed by atoms with Crippen LogP contribution in [-0.2, 0) is 0 Å². The standard InChI is InChI=1S/C16H27N3O2/c1-5-17-14-9-15(11-16(10-14)19(20)21)18-13(4)8-6-7-12(2)3/h9-13,17-18H,5-8H2,1-4H3. The van der Waals surface area contributed by atoms with E-state index in [1.807, 2.05) is 13.0 Å². The number of nitrogens with zero attached hydrogens (tertiary/aromatic N) is 1. The van der Waals surface area contributed by atoms with Crippen LogP contribution in [0.25, 0.3) is 0 Å². The van der Waals surface area contributed by atoms with Crippen molar-refractivity contribution < 1.29 is 4.92 Å². The van der Waals surface area contributed by atoms with Crippen LogP contribution in [0.5, 0.6) is 0 Å². The van der Waals surface area contributed by atoms with Crippen LogP contribution in [0.15, 0.2) is 18.2 Å². The van der Waals surface area contributed by atoms with Crippen LogP contribution >= 0.6 is 0 Å². The van der Waals surface area contributed by atoms with Crippen molar-refractivity contribution in [3.05, 3.63) is 28.3 Å². The Morgan fingerprint density at radius 1 is 1.14 bits per heavy atom. The van der Waals surface area contributed by atoms with Gasteiger partial charge in [0.1, 0.15) is 0 Å². The number of nitrogens with one attached hydrogen (secondary N) is 2. The van der Waals surface area contributed by atoms with Gasteiger partial charge in [-0.3, -0.25) is 10.1 Å². The molecule has 118 valence electrons. The molecule has 5 nitrogen and oxygen atoms in total. The number of benzene rings is 1. The second-order valence-corrected chi connectivity index (χ2v) is 5.93. The second kappa shape index (κ2) is 8.49. The Bertz CT molecular complexity index is 461. The van der Waals surface area contributed by atoms with E-state index in [1.54, 1.807) is 12.1 Å². The molecular formula is C16H27N3O2. The molecule has 1 unspecified atom stereocenters. The zero-order valence-electron chi connectivity index (χ0n) is 13.5. The Balaban J connectivity index is 2.70. The third-order valence-corrected chi connectivity index (χ3v) is 3.34. The van der Waals surface area contributed by atoms with Crippen molar-refractivity contribution in [2.45, 2.75) is 53.0 Å². The minimum Gasteiger partial charge on any atom is -0.385 e. The molecule has 0 spiro atoms. The molecule has 1 aromatic rings. The molecule has 0 bridgehead atoms. The van der Waals surface area contributed by atoms with Gasteiger partial charge in [0, 0.05) is 36.1 Å². The Morgan fingerprint density at radius 2 is 1.81 bits per heavy atom. The first kappa shape index (κ1) is 17.3. The lowest BCUT2D eigenvalue weighted by molar-refractivity contribution is -0.384. The monoisotopic (exact) mass is 293 g/mol. The van der Waals surface area contributed by atoms with Gasteiger partial charge in [-0.15, -0.1) is 0 Å². The topological polar surface area (TPSA) is 67.2 Å². The Hall–Kier alpha value is -1.78. The van der Waals surface area contributed by atoms with Gasteiger partial charge in [-0.25, -0.2) is 0 Å². The van der Waals surface area contributed by atoms with E-state index in [9.17, 15) is 10.1 Å². The number of hydrogen-bond donors (Lipinski definition) is 2. The molecule has 0 aliphatic rings. The molecule has 2 N–H and O–H groups in total. The van der Waals surface area contributed by atoms with E-state index >= 15 is 0 Å². The van der Waals surface area contributed by atoms with Crippen LogP contribution in [0.3, 0.4) is 0 Å². The summed E-state index contributed by atoms with van der Waals surface area (Å²) in [6, 6.07) is 5.40. The van der Waals surface area contributed by atoms with Crippen LogP contribution in [0, 0.1) is 16.0 Å². The van der Waals surface area contributed by atoms with Gasteiger partial charge in [0.15, 0.2) is 0 Å². The van der Waals surface area contributed by atoms with Crippen molar-refractivity contribution in [1.29, 1.82) is 0 Å². The smallest absolute Gasteiger partial charge is 0.273 e. The van der Waals surface area contributed by atoms with Gasteiger partial charge in [-0.05, 0) is 32.3 Å². The van der Waals surface area contributed by atoms with Gasteiger partial charge in [0.25, 0.3) is 5.69 Å². The van der Waals surface area contributed by atoms with E-state index in [1.165, 1.54) is 12.8 Å². The maximum Gasteiger partial charge on any atom is 0.273 e. The van der Waals surface area contributed by atoms with Gasteiger partial charge in [0.05, 0.1) is 4.92 Å². The van der Waals surface area contributed by atoms with Crippen molar-refractivity contribution >= 4 is 17.1 Å². The summed E-state index contributed by atoms with van der Waals surface area (Å²) in [7, 11) is 0. The van der Waals surface area contributed by atoms with E-state index < -0.39 is 0 Å². The fraction of sp³-hybridized carbons (Fsp3) is 0.625. The average molecular weight is 293 g/mol. The summed E-state index contributed by atoms with van der Waals surface area (Å²) in [5.74, 6) is 0.718. The lowest BCUT2D eigenvalue weighted by Gasteiger charge is -2.16. The SMILES string of the molecule is CCNc1cc(NC(C)CCCC(C)C)cc([N+](=O)[O-])c1. The highest BCUT2D eigenvalue weighted by molar-refractivity contribution is 5.63. The molecule has 0 radical (unpaired) electrons. The van der Waals surface area contributed by atoms with Crippen LogP contribution in [0.2, 0.25) is 0 Å². The average Bonchev–Trinajstić information content (AvgIpc) is 2.38. The molecule has 0 saturated carbocycles. The fourth-order valence-corrected chi connectivity index (χ4v) is 2.30. The summed E-state index contributed by atoms with van der Waals surface area (Å²) in [5.41, 5.74) is 1.70. The lowest BCUT2D eigenvalue weighted by Crippen LogP contribution is -2.15. The number of hydrogen-bond acceptors (Lipinski definition) is 4. The van der Waals surface area contributed by atoms with Gasteiger partial charge in [-0.2, -0.15) is 0 Å². The number of anilines is 2. The molecule has 0 saturated heterocycles. The largest absolute Gasteiger partial charge is 0.385 e. The van der Waals surface area contributed by atoms with Crippen LogP contribution in [0.4, 0.5) is 17.1 Å². The summed E-state index contributed by atoms with van der Waals surface area (Å²) >= 11 is 0. The first-order valence-electron chi connectivity index (χ1n) is 7.72. The lowest BCUT2D eigenvalue weighted by atomic mass is 10.0. The third-order valence-electron chi connectivity index (χ3n) is 3.34. The van der Waals surface area contributed by atoms with Gasteiger partial charge < -0.3 is 10.6 Å². The van der Waals surface area contributed by atoms with Gasteiger partial charge >= 0.3 is 0 Å². The Kier molecular flexibility index (Phi) is 6.99. The summed E-state index contributed by atoms with van der Waals surface area (Å²) in [5, 5.41) is 17.5. The van der Waals surface area contributed by atoms with Crippen LogP contribution in [-0.4, -0.2) is 17.5 Å². The quantitative estimate of drug-likeness (QED) is 0.513. The molecule has 0 aliphatic carbocycles. The van der Waals surface area contributed by atoms with E-state index in [2.05, 4.69) is 31.4 Å². The number of rotatable bonds is 9. The molecule has 0 fully saturated rings. The fourth-order valence-electron chi connectivity index (χ4n) is 2.30. The molecular weight excluding hydrogens is 266 g/mol. The predicted molar refractivity (Wildman–Crippen MR) is 89.0 cm³/mol. The molecule has 21 heavy (non-hydrogen) atoms. The van der Waals surface area contributed by atoms with Crippen LogP contribution in [0.1, 0.15) is 47.0 Å². The first-order chi connectivity index (χ1) is 9.92. The van der Waals surface area contributed by atoms with Crippen LogP contribution < -0.4 is 10.6 Å². The molecule has 1 aromatic carbocycles.